The maximum atomic E-state index is 12.5. The highest BCUT2D eigenvalue weighted by Crippen LogP contribution is 2.40. The van der Waals surface area contributed by atoms with Crippen LogP contribution in [0.4, 0.5) is 5.00 Å². The largest absolute Gasteiger partial charge is 0.462 e. The summed E-state index contributed by atoms with van der Waals surface area (Å²) in [6, 6.07) is 10.9. The van der Waals surface area contributed by atoms with Crippen molar-refractivity contribution in [3.05, 3.63) is 59.0 Å². The molecule has 30 heavy (non-hydrogen) atoms. The van der Waals surface area contributed by atoms with Gasteiger partial charge in [-0.15, -0.1) is 11.3 Å². The summed E-state index contributed by atoms with van der Waals surface area (Å²) in [6.45, 7) is 4.83. The fraction of sp³-hybridized carbons (Fsp3) is 0.238. The summed E-state index contributed by atoms with van der Waals surface area (Å²) < 4.78 is 14.9. The van der Waals surface area contributed by atoms with Crippen molar-refractivity contribution in [1.82, 2.24) is 5.16 Å². The predicted octanol–water partition coefficient (Wildman–Crippen LogP) is 3.99. The summed E-state index contributed by atoms with van der Waals surface area (Å²) >= 11 is 1.25. The molecule has 3 rings (SSSR count). The van der Waals surface area contributed by atoms with Crippen LogP contribution in [-0.2, 0) is 14.3 Å². The Morgan fingerprint density at radius 3 is 2.47 bits per heavy atom. The molecule has 9 heteroatoms. The molecule has 1 aromatic carbocycles. The second-order valence-corrected chi connectivity index (χ2v) is 7.32. The average Bonchev–Trinajstić information content (AvgIpc) is 3.30. The van der Waals surface area contributed by atoms with Crippen molar-refractivity contribution in [1.29, 1.82) is 0 Å². The number of carbonyl (C=O) groups is 3. The molecular weight excluding hydrogens is 408 g/mol. The maximum Gasteiger partial charge on any atom is 0.377 e. The van der Waals surface area contributed by atoms with Crippen LogP contribution in [0.1, 0.15) is 39.1 Å². The highest BCUT2D eigenvalue weighted by atomic mass is 32.1. The molecule has 0 saturated heterocycles. The molecule has 0 fully saturated rings. The molecule has 0 saturated carbocycles. The van der Waals surface area contributed by atoms with Crippen molar-refractivity contribution in [2.45, 2.75) is 20.8 Å². The Hall–Kier alpha value is -3.46. The average molecular weight is 428 g/mol. The van der Waals surface area contributed by atoms with E-state index in [1.165, 1.54) is 17.4 Å². The monoisotopic (exact) mass is 428 g/mol. The minimum atomic E-state index is -0.802. The summed E-state index contributed by atoms with van der Waals surface area (Å²) in [4.78, 5) is 37.6. The molecule has 0 aliphatic heterocycles. The third kappa shape index (κ3) is 4.74. The molecule has 0 aliphatic carbocycles. The molecule has 0 spiro atoms. The maximum absolute atomic E-state index is 12.5. The zero-order chi connectivity index (χ0) is 21.7. The summed E-state index contributed by atoms with van der Waals surface area (Å²) in [5.41, 5.74) is 2.42. The Labute approximate surface area is 176 Å². The van der Waals surface area contributed by atoms with E-state index in [2.05, 4.69) is 10.5 Å². The third-order valence-corrected chi connectivity index (χ3v) is 5.34. The SMILES string of the molecule is CCOC(=O)c1c(NC(=O)COC(=O)c2cc(C)no2)sc(-c2ccccc2)c1C. The predicted molar refractivity (Wildman–Crippen MR) is 111 cm³/mol. The third-order valence-electron chi connectivity index (χ3n) is 4.08. The van der Waals surface area contributed by atoms with Crippen LogP contribution in [0.2, 0.25) is 0 Å². The van der Waals surface area contributed by atoms with E-state index in [1.54, 1.807) is 20.8 Å². The normalized spacial score (nSPS) is 10.5. The zero-order valence-corrected chi connectivity index (χ0v) is 17.5. The molecule has 1 amide bonds. The van der Waals surface area contributed by atoms with Crippen molar-refractivity contribution in [2.75, 3.05) is 18.5 Å². The van der Waals surface area contributed by atoms with E-state index >= 15 is 0 Å². The van der Waals surface area contributed by atoms with Crippen LogP contribution in [0.25, 0.3) is 10.4 Å². The lowest BCUT2D eigenvalue weighted by molar-refractivity contribution is -0.119. The van der Waals surface area contributed by atoms with Gasteiger partial charge in [-0.05, 0) is 31.9 Å². The summed E-state index contributed by atoms with van der Waals surface area (Å²) in [5, 5.41) is 6.58. The molecule has 0 unspecified atom stereocenters. The first-order valence-corrected chi connectivity index (χ1v) is 9.98. The van der Waals surface area contributed by atoms with Crippen LogP contribution < -0.4 is 5.32 Å². The number of aryl methyl sites for hydroxylation is 1. The van der Waals surface area contributed by atoms with Crippen LogP contribution in [0.5, 0.6) is 0 Å². The highest BCUT2D eigenvalue weighted by molar-refractivity contribution is 7.20. The fourth-order valence-electron chi connectivity index (χ4n) is 2.74. The molecule has 1 N–H and O–H groups in total. The molecule has 0 bridgehead atoms. The van der Waals surface area contributed by atoms with Gasteiger partial charge in [-0.2, -0.15) is 0 Å². The molecule has 2 heterocycles. The molecule has 0 aliphatic rings. The van der Waals surface area contributed by atoms with Gasteiger partial charge in [0, 0.05) is 10.9 Å². The quantitative estimate of drug-likeness (QED) is 0.567. The standard InChI is InChI=1S/C21H20N2O6S/c1-4-27-21(26)17-13(3)18(14-8-6-5-7-9-14)30-19(17)22-16(24)11-28-20(25)15-10-12(2)23-29-15/h5-10H,4,11H2,1-3H3,(H,22,24). The molecule has 0 atom stereocenters. The smallest absolute Gasteiger partial charge is 0.377 e. The number of nitrogens with zero attached hydrogens (tertiary/aromatic N) is 1. The van der Waals surface area contributed by atoms with Gasteiger partial charge in [-0.1, -0.05) is 35.5 Å². The van der Waals surface area contributed by atoms with E-state index in [-0.39, 0.29) is 17.9 Å². The van der Waals surface area contributed by atoms with Crippen molar-refractivity contribution >= 4 is 34.2 Å². The highest BCUT2D eigenvalue weighted by Gasteiger charge is 2.25. The second-order valence-electron chi connectivity index (χ2n) is 6.30. The number of hydrogen-bond acceptors (Lipinski definition) is 8. The van der Waals surface area contributed by atoms with Crippen LogP contribution in [0.15, 0.2) is 40.9 Å². The molecule has 2 aromatic heterocycles. The molecule has 3 aromatic rings. The van der Waals surface area contributed by atoms with E-state index in [0.29, 0.717) is 16.3 Å². The van der Waals surface area contributed by atoms with Crippen LogP contribution in [-0.4, -0.2) is 36.2 Å². The lowest BCUT2D eigenvalue weighted by Crippen LogP contribution is -2.21. The van der Waals surface area contributed by atoms with Crippen molar-refractivity contribution in [3.63, 3.8) is 0 Å². The van der Waals surface area contributed by atoms with Gasteiger partial charge in [0.25, 0.3) is 5.91 Å². The number of ether oxygens (including phenoxy) is 2. The first-order valence-electron chi connectivity index (χ1n) is 9.17. The number of benzene rings is 1. The Bertz CT molecular complexity index is 1070. The topological polar surface area (TPSA) is 108 Å². The van der Waals surface area contributed by atoms with E-state index in [0.717, 1.165) is 10.4 Å². The van der Waals surface area contributed by atoms with Crippen molar-refractivity contribution in [2.24, 2.45) is 0 Å². The van der Waals surface area contributed by atoms with E-state index in [9.17, 15) is 14.4 Å². The van der Waals surface area contributed by atoms with Gasteiger partial charge in [0.1, 0.15) is 5.00 Å². The molecular formula is C21H20N2O6S. The van der Waals surface area contributed by atoms with Gasteiger partial charge >= 0.3 is 11.9 Å². The Morgan fingerprint density at radius 2 is 1.83 bits per heavy atom. The van der Waals surface area contributed by atoms with E-state index in [1.807, 2.05) is 30.3 Å². The number of hydrogen-bond donors (Lipinski definition) is 1. The van der Waals surface area contributed by atoms with Crippen LogP contribution >= 0.6 is 11.3 Å². The van der Waals surface area contributed by atoms with Gasteiger partial charge in [-0.3, -0.25) is 4.79 Å². The first kappa shape index (κ1) is 21.3. The number of rotatable bonds is 7. The lowest BCUT2D eigenvalue weighted by atomic mass is 10.1. The molecule has 0 radical (unpaired) electrons. The lowest BCUT2D eigenvalue weighted by Gasteiger charge is -2.07. The van der Waals surface area contributed by atoms with Gasteiger partial charge in [0.05, 0.1) is 17.9 Å². The Balaban J connectivity index is 1.79. The zero-order valence-electron chi connectivity index (χ0n) is 16.7. The number of carbonyl (C=O) groups excluding carboxylic acids is 3. The van der Waals surface area contributed by atoms with E-state index in [4.69, 9.17) is 14.0 Å². The van der Waals surface area contributed by atoms with Crippen LogP contribution in [0, 0.1) is 13.8 Å². The number of anilines is 1. The molecule has 8 nitrogen and oxygen atoms in total. The van der Waals surface area contributed by atoms with Gasteiger partial charge in [-0.25, -0.2) is 9.59 Å². The first-order chi connectivity index (χ1) is 14.4. The van der Waals surface area contributed by atoms with E-state index < -0.39 is 24.5 Å². The van der Waals surface area contributed by atoms with Gasteiger partial charge in [0.2, 0.25) is 5.76 Å². The fourth-order valence-corrected chi connectivity index (χ4v) is 3.96. The number of amides is 1. The summed E-state index contributed by atoms with van der Waals surface area (Å²) in [5.74, 6) is -2.02. The van der Waals surface area contributed by atoms with Gasteiger partial charge < -0.3 is 19.3 Å². The Morgan fingerprint density at radius 1 is 1.10 bits per heavy atom. The van der Waals surface area contributed by atoms with Gasteiger partial charge in [0.15, 0.2) is 6.61 Å². The Kier molecular flexibility index (Phi) is 6.63. The van der Waals surface area contributed by atoms with Crippen LogP contribution in [0.3, 0.4) is 0 Å². The number of thiophene rings is 1. The van der Waals surface area contributed by atoms with Crippen molar-refractivity contribution in [3.8, 4) is 10.4 Å². The number of esters is 2. The number of aromatic nitrogens is 1. The van der Waals surface area contributed by atoms with Crippen molar-refractivity contribution < 1.29 is 28.4 Å². The minimum Gasteiger partial charge on any atom is -0.462 e. The second kappa shape index (κ2) is 9.36. The minimum absolute atomic E-state index is 0.0918. The summed E-state index contributed by atoms with van der Waals surface area (Å²) in [6.07, 6.45) is 0. The molecule has 156 valence electrons. The summed E-state index contributed by atoms with van der Waals surface area (Å²) in [7, 11) is 0. The number of nitrogens with one attached hydrogen (secondary N) is 1.